The zero-order valence-electron chi connectivity index (χ0n) is 9.56. The first-order valence-corrected chi connectivity index (χ1v) is 7.82. The average molecular weight is 261 g/mol. The summed E-state index contributed by atoms with van der Waals surface area (Å²) < 4.78 is 0. The van der Waals surface area contributed by atoms with Crippen LogP contribution in [0.15, 0.2) is 47.2 Å². The summed E-state index contributed by atoms with van der Waals surface area (Å²) in [4.78, 5) is 0.0986. The van der Waals surface area contributed by atoms with Crippen LogP contribution in [0.2, 0.25) is 0 Å². The van der Waals surface area contributed by atoms with Crippen molar-refractivity contribution in [1.29, 1.82) is 0 Å². The van der Waals surface area contributed by atoms with Crippen LogP contribution >= 0.6 is 23.1 Å². The summed E-state index contributed by atoms with van der Waals surface area (Å²) in [5, 5.41) is 8.17. The van der Waals surface area contributed by atoms with Gasteiger partial charge in [0.2, 0.25) is 0 Å². The molecule has 1 aromatic carbocycles. The molecule has 0 aliphatic carbocycles. The average Bonchev–Trinajstić information content (AvgIpc) is 3.01. The van der Waals surface area contributed by atoms with E-state index in [1.54, 1.807) is 11.3 Å². The van der Waals surface area contributed by atoms with Crippen molar-refractivity contribution in [2.75, 3.05) is 11.1 Å². The van der Waals surface area contributed by atoms with Crippen molar-refractivity contribution in [2.45, 2.75) is 17.7 Å². The van der Waals surface area contributed by atoms with Crippen LogP contribution in [-0.4, -0.2) is 5.75 Å². The van der Waals surface area contributed by atoms with E-state index in [-0.39, 0.29) is 4.87 Å². The van der Waals surface area contributed by atoms with Crippen LogP contribution < -0.4 is 5.32 Å². The van der Waals surface area contributed by atoms with Crippen molar-refractivity contribution in [3.8, 4) is 0 Å². The first-order valence-electron chi connectivity index (χ1n) is 5.89. The van der Waals surface area contributed by atoms with Gasteiger partial charge in [-0.05, 0) is 53.1 Å². The van der Waals surface area contributed by atoms with Crippen LogP contribution in [0.25, 0.3) is 0 Å². The number of rotatable bonds is 3. The second-order valence-electron chi connectivity index (χ2n) is 4.28. The minimum absolute atomic E-state index is 0.0986. The monoisotopic (exact) mass is 261 g/mol. The highest BCUT2D eigenvalue weighted by Crippen LogP contribution is 2.47. The van der Waals surface area contributed by atoms with Crippen LogP contribution in [-0.2, 0) is 4.87 Å². The lowest BCUT2D eigenvalue weighted by atomic mass is 10.0. The second kappa shape index (κ2) is 4.75. The highest BCUT2D eigenvalue weighted by Gasteiger charge is 2.36. The molecule has 1 aromatic heterocycles. The van der Waals surface area contributed by atoms with Crippen molar-refractivity contribution in [3.05, 3.63) is 52.7 Å². The maximum absolute atomic E-state index is 3.73. The van der Waals surface area contributed by atoms with Gasteiger partial charge in [0.05, 0.1) is 0 Å². The molecule has 17 heavy (non-hydrogen) atoms. The summed E-state index contributed by atoms with van der Waals surface area (Å²) in [5.41, 5.74) is 2.64. The Kier molecular flexibility index (Phi) is 3.12. The largest absolute Gasteiger partial charge is 0.367 e. The molecule has 88 valence electrons. The lowest BCUT2D eigenvalue weighted by Crippen LogP contribution is -2.28. The number of para-hydroxylation sites is 1. The van der Waals surface area contributed by atoms with Gasteiger partial charge in [-0.3, -0.25) is 0 Å². The van der Waals surface area contributed by atoms with Gasteiger partial charge in [-0.25, -0.2) is 0 Å². The molecule has 1 atom stereocenters. The van der Waals surface area contributed by atoms with Crippen LogP contribution in [0, 0.1) is 0 Å². The number of thiophene rings is 1. The third-order valence-electron chi connectivity index (χ3n) is 3.13. The highest BCUT2D eigenvalue weighted by molar-refractivity contribution is 8.00. The van der Waals surface area contributed by atoms with Gasteiger partial charge in [-0.1, -0.05) is 18.2 Å². The van der Waals surface area contributed by atoms with Crippen molar-refractivity contribution in [2.24, 2.45) is 0 Å². The minimum atomic E-state index is 0.0986. The van der Waals surface area contributed by atoms with Gasteiger partial charge in [-0.15, -0.1) is 11.8 Å². The Bertz CT molecular complexity index is 458. The molecular weight excluding hydrogens is 246 g/mol. The van der Waals surface area contributed by atoms with E-state index in [1.165, 1.54) is 29.8 Å². The number of hydrogen-bond donors (Lipinski definition) is 1. The summed E-state index contributed by atoms with van der Waals surface area (Å²) in [6.07, 6.45) is 2.50. The van der Waals surface area contributed by atoms with E-state index in [4.69, 9.17) is 0 Å². The lowest BCUT2D eigenvalue weighted by Gasteiger charge is -2.30. The molecule has 0 bridgehead atoms. The smallest absolute Gasteiger partial charge is 0.110 e. The molecule has 2 aromatic rings. The van der Waals surface area contributed by atoms with Crippen molar-refractivity contribution in [3.63, 3.8) is 0 Å². The van der Waals surface area contributed by atoms with Crippen LogP contribution in [0.5, 0.6) is 0 Å². The Morgan fingerprint density at radius 2 is 2.00 bits per heavy atom. The summed E-state index contributed by atoms with van der Waals surface area (Å²) >= 11 is 3.82. The standard InChI is InChI=1S/C14H15NS2/c1-2-5-13(6-3-1)15-14(8-4-9-17-14)12-7-10-16-11-12/h1-3,5-7,10-11,15H,4,8-9H2. The highest BCUT2D eigenvalue weighted by atomic mass is 32.2. The number of nitrogens with one attached hydrogen (secondary N) is 1. The van der Waals surface area contributed by atoms with Gasteiger partial charge in [-0.2, -0.15) is 11.3 Å². The molecule has 2 heterocycles. The third-order valence-corrected chi connectivity index (χ3v) is 5.34. The Labute approximate surface area is 110 Å². The Morgan fingerprint density at radius 1 is 1.12 bits per heavy atom. The van der Waals surface area contributed by atoms with Gasteiger partial charge in [0.1, 0.15) is 4.87 Å². The maximum atomic E-state index is 3.73. The van der Waals surface area contributed by atoms with Crippen molar-refractivity contribution < 1.29 is 0 Å². The quantitative estimate of drug-likeness (QED) is 0.870. The van der Waals surface area contributed by atoms with Gasteiger partial charge in [0, 0.05) is 5.69 Å². The minimum Gasteiger partial charge on any atom is -0.367 e. The van der Waals surface area contributed by atoms with E-state index in [9.17, 15) is 0 Å². The molecule has 1 aliphatic rings. The third kappa shape index (κ3) is 2.22. The number of thioether (sulfide) groups is 1. The van der Waals surface area contributed by atoms with Crippen LogP contribution in [0.1, 0.15) is 18.4 Å². The lowest BCUT2D eigenvalue weighted by molar-refractivity contribution is 0.663. The molecule has 0 radical (unpaired) electrons. The molecule has 1 saturated heterocycles. The molecule has 1 unspecified atom stereocenters. The van der Waals surface area contributed by atoms with E-state index >= 15 is 0 Å². The normalized spacial score (nSPS) is 23.8. The number of benzene rings is 1. The second-order valence-corrected chi connectivity index (χ2v) is 6.46. The first kappa shape index (κ1) is 11.2. The van der Waals surface area contributed by atoms with E-state index in [0.29, 0.717) is 0 Å². The summed E-state index contributed by atoms with van der Waals surface area (Å²) in [6, 6.07) is 12.8. The molecule has 0 saturated carbocycles. The summed E-state index contributed by atoms with van der Waals surface area (Å²) in [6.45, 7) is 0. The first-order chi connectivity index (χ1) is 8.39. The predicted octanol–water partition coefficient (Wildman–Crippen LogP) is 4.54. The maximum Gasteiger partial charge on any atom is 0.110 e. The Morgan fingerprint density at radius 3 is 2.65 bits per heavy atom. The zero-order valence-corrected chi connectivity index (χ0v) is 11.2. The van der Waals surface area contributed by atoms with E-state index in [0.717, 1.165) is 0 Å². The van der Waals surface area contributed by atoms with Gasteiger partial charge in [0.25, 0.3) is 0 Å². The van der Waals surface area contributed by atoms with Crippen molar-refractivity contribution in [1.82, 2.24) is 0 Å². The molecular formula is C14H15NS2. The number of hydrogen-bond acceptors (Lipinski definition) is 3. The fraction of sp³-hybridized carbons (Fsp3) is 0.286. The SMILES string of the molecule is c1ccc(NC2(c3ccsc3)CCCS2)cc1. The molecule has 0 spiro atoms. The Balaban J connectivity index is 1.91. The van der Waals surface area contributed by atoms with E-state index < -0.39 is 0 Å². The molecule has 0 amide bonds. The van der Waals surface area contributed by atoms with E-state index in [2.05, 4.69) is 52.5 Å². The number of anilines is 1. The topological polar surface area (TPSA) is 12.0 Å². The van der Waals surface area contributed by atoms with Gasteiger partial charge in [0.15, 0.2) is 0 Å². The molecule has 1 N–H and O–H groups in total. The fourth-order valence-electron chi connectivity index (χ4n) is 2.29. The molecule has 3 heteroatoms. The van der Waals surface area contributed by atoms with Gasteiger partial charge < -0.3 is 5.32 Å². The molecule has 1 nitrogen and oxygen atoms in total. The molecule has 3 rings (SSSR count). The van der Waals surface area contributed by atoms with Crippen LogP contribution in [0.4, 0.5) is 5.69 Å². The predicted molar refractivity (Wildman–Crippen MR) is 77.8 cm³/mol. The molecule has 1 fully saturated rings. The fourth-order valence-corrected chi connectivity index (χ4v) is 4.50. The Hall–Kier alpha value is -0.930. The van der Waals surface area contributed by atoms with Crippen LogP contribution in [0.3, 0.4) is 0 Å². The zero-order chi connectivity index (χ0) is 11.6. The molecule has 1 aliphatic heterocycles. The summed E-state index contributed by atoms with van der Waals surface area (Å²) in [7, 11) is 0. The van der Waals surface area contributed by atoms with Gasteiger partial charge >= 0.3 is 0 Å². The summed E-state index contributed by atoms with van der Waals surface area (Å²) in [5.74, 6) is 1.25. The van der Waals surface area contributed by atoms with Crippen molar-refractivity contribution >= 4 is 28.8 Å². The van der Waals surface area contributed by atoms with E-state index in [1.807, 2.05) is 11.8 Å².